The number of amides is 4. The number of benzene rings is 4. The van der Waals surface area contributed by atoms with Gasteiger partial charge in [0, 0.05) is 20.0 Å². The summed E-state index contributed by atoms with van der Waals surface area (Å²) in [7, 11) is 1.63. The Morgan fingerprint density at radius 2 is 1.21 bits per heavy atom. The number of aliphatic carboxylic acids is 1. The van der Waals surface area contributed by atoms with Gasteiger partial charge in [-0.15, -0.1) is 0 Å². The van der Waals surface area contributed by atoms with E-state index in [-0.39, 0.29) is 23.7 Å². The van der Waals surface area contributed by atoms with Crippen LogP contribution in [0.3, 0.4) is 0 Å². The average Bonchev–Trinajstić information content (AvgIpc) is 3.19. The second-order valence-electron chi connectivity index (χ2n) is 14.2. The van der Waals surface area contributed by atoms with Crippen LogP contribution in [-0.4, -0.2) is 52.9 Å². The molecule has 4 amide bonds. The van der Waals surface area contributed by atoms with Crippen LogP contribution in [0.25, 0.3) is 0 Å². The Balaban J connectivity index is 0.000000340. The normalized spacial score (nSPS) is 12.7. The van der Waals surface area contributed by atoms with E-state index in [1.54, 1.807) is 31.3 Å². The molecule has 0 saturated carbocycles. The predicted molar refractivity (Wildman–Crippen MR) is 214 cm³/mol. The lowest BCUT2D eigenvalue weighted by Gasteiger charge is -2.26. The Kier molecular flexibility index (Phi) is 18.3. The zero-order chi connectivity index (χ0) is 45.3. The Bertz CT molecular complexity index is 2040. The van der Waals surface area contributed by atoms with Crippen LogP contribution in [0.4, 0.5) is 35.9 Å². The molecule has 0 bridgehead atoms. The molecule has 17 heteroatoms. The molecule has 0 radical (unpaired) electrons. The van der Waals surface area contributed by atoms with Gasteiger partial charge in [-0.2, -0.15) is 26.3 Å². The predicted octanol–water partition coefficient (Wildman–Crippen LogP) is 9.56. The fourth-order valence-electron chi connectivity index (χ4n) is 5.89. The number of likely N-dealkylation sites (N-methyl/N-ethyl adjacent to an activating group) is 1. The van der Waals surface area contributed by atoms with Crippen LogP contribution < -0.4 is 20.7 Å². The lowest BCUT2D eigenvalue weighted by molar-refractivity contribution is -0.138. The summed E-state index contributed by atoms with van der Waals surface area (Å²) in [6, 6.07) is 20.8. The van der Waals surface area contributed by atoms with Crippen molar-refractivity contribution in [3.8, 4) is 5.75 Å². The number of hydrogen-bond donors (Lipinski definition) is 4. The van der Waals surface area contributed by atoms with Crippen LogP contribution in [0, 0.1) is 6.92 Å². The highest BCUT2D eigenvalue weighted by atomic mass is 19.4. The highest BCUT2D eigenvalue weighted by Crippen LogP contribution is 2.32. The Morgan fingerprint density at radius 1 is 0.705 bits per heavy atom. The van der Waals surface area contributed by atoms with Gasteiger partial charge in [-0.25, -0.2) is 9.59 Å². The van der Waals surface area contributed by atoms with Crippen LogP contribution in [0.15, 0.2) is 103 Å². The Labute approximate surface area is 349 Å². The number of carbonyl (C=O) groups excluding carboxylic acids is 4. The van der Waals surface area contributed by atoms with Crippen molar-refractivity contribution in [3.63, 3.8) is 0 Å². The van der Waals surface area contributed by atoms with Crippen molar-refractivity contribution in [2.75, 3.05) is 7.05 Å². The summed E-state index contributed by atoms with van der Waals surface area (Å²) in [5.41, 5.74) is 0.821. The number of aryl methyl sites for hydroxylation is 1. The maximum atomic E-state index is 13.0. The van der Waals surface area contributed by atoms with E-state index in [1.807, 2.05) is 44.2 Å². The SMILES string of the molecule is CC(=O)C[C@H](NC(=O)Oc1ccc(C)cc1)c1ccc(C(F)(F)F)cc1.CCCC[C@H](NC(=O)N[C@@H](CC(=O)O)c1ccc(C(F)(F)F)cc1)C(=O)N(C)Cc1ccccc1. The summed E-state index contributed by atoms with van der Waals surface area (Å²) in [5, 5.41) is 16.9. The lowest BCUT2D eigenvalue weighted by atomic mass is 10.0. The standard InChI is InChI=1S/C25H30F3N3O4.C19H18F3NO3/c1-3-4-10-20(23(34)31(2)16-17-8-6-5-7-9-17)29-24(35)30-21(15-22(32)33)18-11-13-19(14-12-18)25(26,27)28;1-12-3-9-16(10-4-12)26-18(25)23-17(11-13(2)24)14-5-7-15(8-6-14)19(20,21)22/h5-9,11-14,20-21H,3-4,10,15-16H2,1-2H3,(H,32,33)(H2,29,30,35);3-10,17H,11H2,1-2H3,(H,23,25)/t20-,21-;17-/m00/s1. The molecular formula is C44H48F6N4O7. The number of halogens is 6. The third kappa shape index (κ3) is 17.0. The molecule has 328 valence electrons. The maximum Gasteiger partial charge on any atom is 0.416 e. The maximum absolute atomic E-state index is 13.0. The largest absolute Gasteiger partial charge is 0.481 e. The molecule has 0 aliphatic rings. The first-order valence-electron chi connectivity index (χ1n) is 19.1. The average molecular weight is 859 g/mol. The summed E-state index contributed by atoms with van der Waals surface area (Å²) >= 11 is 0. The fourth-order valence-corrected chi connectivity index (χ4v) is 5.89. The van der Waals surface area contributed by atoms with Gasteiger partial charge >= 0.3 is 30.4 Å². The van der Waals surface area contributed by atoms with Gasteiger partial charge in [-0.1, -0.05) is 92.1 Å². The number of urea groups is 1. The minimum absolute atomic E-state index is 0.0611. The third-order valence-electron chi connectivity index (χ3n) is 9.07. The van der Waals surface area contributed by atoms with E-state index in [1.165, 1.54) is 24.0 Å². The van der Waals surface area contributed by atoms with Crippen molar-refractivity contribution in [2.45, 2.75) is 89.9 Å². The molecule has 0 spiro atoms. The highest BCUT2D eigenvalue weighted by molar-refractivity contribution is 5.87. The highest BCUT2D eigenvalue weighted by Gasteiger charge is 2.32. The first-order chi connectivity index (χ1) is 28.7. The summed E-state index contributed by atoms with van der Waals surface area (Å²) in [6.07, 6.45) is -8.53. The number of nitrogens with zero attached hydrogens (tertiary/aromatic N) is 1. The number of Topliss-reactive ketones (excluding diaryl/α,β-unsaturated/α-hetero) is 1. The number of carbonyl (C=O) groups is 5. The monoisotopic (exact) mass is 858 g/mol. The number of carboxylic acid groups (broad SMARTS) is 1. The van der Waals surface area contributed by atoms with Gasteiger partial charge in [0.15, 0.2) is 0 Å². The molecule has 0 fully saturated rings. The Morgan fingerprint density at radius 3 is 1.67 bits per heavy atom. The van der Waals surface area contributed by atoms with E-state index in [0.717, 1.165) is 53.9 Å². The lowest BCUT2D eigenvalue weighted by Crippen LogP contribution is -2.51. The van der Waals surface area contributed by atoms with E-state index in [9.17, 15) is 55.4 Å². The first-order valence-corrected chi connectivity index (χ1v) is 19.1. The van der Waals surface area contributed by atoms with Crippen LogP contribution in [0.2, 0.25) is 0 Å². The molecule has 4 rings (SSSR count). The summed E-state index contributed by atoms with van der Waals surface area (Å²) < 4.78 is 81.7. The quantitative estimate of drug-likeness (QED) is 0.0819. The number of nitrogens with one attached hydrogen (secondary N) is 3. The van der Waals surface area contributed by atoms with E-state index < -0.39 is 66.1 Å². The first kappa shape index (κ1) is 49.0. The number of unbranched alkanes of at least 4 members (excludes halogenated alkanes) is 1. The number of alkyl halides is 6. The number of carboxylic acids is 1. The minimum atomic E-state index is -4.54. The zero-order valence-electron chi connectivity index (χ0n) is 33.9. The molecule has 3 atom stereocenters. The van der Waals surface area contributed by atoms with Crippen molar-refractivity contribution in [1.29, 1.82) is 0 Å². The molecule has 4 aromatic rings. The molecule has 0 unspecified atom stereocenters. The molecule has 0 aliphatic heterocycles. The molecule has 0 heterocycles. The van der Waals surface area contributed by atoms with Crippen molar-refractivity contribution < 1.29 is 60.2 Å². The van der Waals surface area contributed by atoms with Crippen LogP contribution in [-0.2, 0) is 33.3 Å². The molecule has 0 aliphatic carbocycles. The van der Waals surface area contributed by atoms with Crippen molar-refractivity contribution in [3.05, 3.63) is 137 Å². The summed E-state index contributed by atoms with van der Waals surface area (Å²) in [4.78, 5) is 62.1. The van der Waals surface area contributed by atoms with Crippen LogP contribution in [0.1, 0.15) is 91.4 Å². The molecule has 4 N–H and O–H groups in total. The van der Waals surface area contributed by atoms with Crippen molar-refractivity contribution in [2.24, 2.45) is 0 Å². The van der Waals surface area contributed by atoms with Gasteiger partial charge in [0.25, 0.3) is 0 Å². The van der Waals surface area contributed by atoms with E-state index in [4.69, 9.17) is 4.74 Å². The van der Waals surface area contributed by atoms with E-state index >= 15 is 0 Å². The van der Waals surface area contributed by atoms with Crippen LogP contribution >= 0.6 is 0 Å². The molecular weight excluding hydrogens is 810 g/mol. The second kappa shape index (κ2) is 22.8. The molecule has 61 heavy (non-hydrogen) atoms. The van der Waals surface area contributed by atoms with E-state index in [2.05, 4.69) is 16.0 Å². The van der Waals surface area contributed by atoms with Gasteiger partial charge in [-0.05, 0) is 73.4 Å². The fraction of sp³-hybridized carbons (Fsp3) is 0.341. The summed E-state index contributed by atoms with van der Waals surface area (Å²) in [5.74, 6) is -1.44. The smallest absolute Gasteiger partial charge is 0.416 e. The molecule has 4 aromatic carbocycles. The van der Waals surface area contributed by atoms with Gasteiger partial charge in [0.1, 0.15) is 17.6 Å². The van der Waals surface area contributed by atoms with Crippen LogP contribution in [0.5, 0.6) is 5.75 Å². The van der Waals surface area contributed by atoms with Crippen molar-refractivity contribution in [1.82, 2.24) is 20.9 Å². The molecule has 11 nitrogen and oxygen atoms in total. The third-order valence-corrected chi connectivity index (χ3v) is 9.07. The second-order valence-corrected chi connectivity index (χ2v) is 14.2. The number of ether oxygens (including phenoxy) is 1. The van der Waals surface area contributed by atoms with Crippen molar-refractivity contribution >= 4 is 29.8 Å². The minimum Gasteiger partial charge on any atom is -0.481 e. The van der Waals surface area contributed by atoms with Gasteiger partial charge in [-0.3, -0.25) is 14.4 Å². The zero-order valence-corrected chi connectivity index (χ0v) is 33.9. The number of rotatable bonds is 16. The van der Waals surface area contributed by atoms with Gasteiger partial charge in [0.2, 0.25) is 5.91 Å². The number of hydrogen-bond acceptors (Lipinski definition) is 6. The van der Waals surface area contributed by atoms with E-state index in [0.29, 0.717) is 30.7 Å². The molecule has 0 saturated heterocycles. The van der Waals surface area contributed by atoms with Gasteiger partial charge in [0.05, 0.1) is 29.6 Å². The summed E-state index contributed by atoms with van der Waals surface area (Å²) in [6.45, 7) is 5.52. The molecule has 0 aromatic heterocycles. The number of ketones is 1. The topological polar surface area (TPSA) is 154 Å². The Hall–Kier alpha value is -6.39. The van der Waals surface area contributed by atoms with Gasteiger partial charge < -0.3 is 30.7 Å².